The normalized spacial score (nSPS) is 11.4. The second-order valence-corrected chi connectivity index (χ2v) is 6.57. The van der Waals surface area contributed by atoms with Crippen molar-refractivity contribution in [2.24, 2.45) is 17.6 Å². The molecule has 0 atom stereocenters. The highest BCUT2D eigenvalue weighted by Gasteiger charge is 2.15. The van der Waals surface area contributed by atoms with Crippen LogP contribution in [0.4, 0.5) is 5.69 Å². The van der Waals surface area contributed by atoms with Gasteiger partial charge in [0.2, 0.25) is 5.91 Å². The van der Waals surface area contributed by atoms with E-state index >= 15 is 0 Å². The zero-order valence-corrected chi connectivity index (χ0v) is 13.5. The molecule has 1 rings (SSSR count). The third-order valence-corrected chi connectivity index (χ3v) is 3.45. The zero-order valence-electron chi connectivity index (χ0n) is 12.7. The molecule has 0 aliphatic heterocycles. The minimum atomic E-state index is -0.436. The molecule has 0 aliphatic rings. The maximum absolute atomic E-state index is 11.3. The molecule has 0 radical (unpaired) electrons. The van der Waals surface area contributed by atoms with Crippen molar-refractivity contribution >= 4 is 23.2 Å². The third-order valence-electron chi connectivity index (χ3n) is 3.12. The van der Waals surface area contributed by atoms with Crippen molar-refractivity contribution in [2.45, 2.75) is 46.6 Å². The van der Waals surface area contributed by atoms with Crippen molar-refractivity contribution in [3.63, 3.8) is 0 Å². The fraction of sp³-hybridized carbons (Fsp3) is 0.562. The minimum Gasteiger partial charge on any atom is -0.381 e. The predicted octanol–water partition coefficient (Wildman–Crippen LogP) is 4.31. The summed E-state index contributed by atoms with van der Waals surface area (Å²) in [6.07, 6.45) is 2.13. The number of hydrogen-bond donors (Lipinski definition) is 2. The van der Waals surface area contributed by atoms with Crippen LogP contribution in [0.3, 0.4) is 0 Å². The Kier molecular flexibility index (Phi) is 6.34. The molecule has 0 aromatic heterocycles. The van der Waals surface area contributed by atoms with E-state index in [2.05, 4.69) is 33.0 Å². The summed E-state index contributed by atoms with van der Waals surface area (Å²) in [5.74, 6) is 0.766. The molecule has 0 bridgehead atoms. The van der Waals surface area contributed by atoms with Crippen molar-refractivity contribution < 1.29 is 4.79 Å². The van der Waals surface area contributed by atoms with Crippen LogP contribution in [0.1, 0.15) is 50.9 Å². The predicted molar refractivity (Wildman–Crippen MR) is 86.3 cm³/mol. The van der Waals surface area contributed by atoms with Crippen LogP contribution in [0.5, 0.6) is 0 Å². The Bertz CT molecular complexity index is 448. The fourth-order valence-electron chi connectivity index (χ4n) is 2.36. The van der Waals surface area contributed by atoms with E-state index in [9.17, 15) is 4.79 Å². The lowest BCUT2D eigenvalue weighted by Gasteiger charge is -2.24. The second-order valence-electron chi connectivity index (χ2n) is 6.16. The van der Waals surface area contributed by atoms with Gasteiger partial charge in [0.15, 0.2) is 0 Å². The first kappa shape index (κ1) is 16.8. The zero-order chi connectivity index (χ0) is 15.3. The topological polar surface area (TPSA) is 55.1 Å². The molecule has 0 heterocycles. The lowest BCUT2D eigenvalue weighted by atomic mass is 9.95. The Balaban J connectivity index is 2.91. The van der Waals surface area contributed by atoms with Crippen LogP contribution >= 0.6 is 11.6 Å². The quantitative estimate of drug-likeness (QED) is 0.787. The number of carbonyl (C=O) groups excluding carboxylic acids is 1. The van der Waals surface area contributed by atoms with E-state index in [1.807, 2.05) is 0 Å². The first-order valence-corrected chi connectivity index (χ1v) is 7.53. The minimum absolute atomic E-state index is 0.343. The van der Waals surface area contributed by atoms with Gasteiger partial charge in [0.1, 0.15) is 0 Å². The lowest BCUT2D eigenvalue weighted by Crippen LogP contribution is -2.24. The molecular formula is C16H25ClN2O. The van der Waals surface area contributed by atoms with Gasteiger partial charge in [0.05, 0.1) is 10.7 Å². The van der Waals surface area contributed by atoms with Crippen molar-refractivity contribution in [2.75, 3.05) is 5.32 Å². The molecule has 0 unspecified atom stereocenters. The number of amides is 1. The first-order valence-electron chi connectivity index (χ1n) is 7.15. The summed E-state index contributed by atoms with van der Waals surface area (Å²) >= 11 is 6.20. The fourth-order valence-corrected chi connectivity index (χ4v) is 2.53. The summed E-state index contributed by atoms with van der Waals surface area (Å²) in [5.41, 5.74) is 6.58. The van der Waals surface area contributed by atoms with E-state index in [4.69, 9.17) is 17.3 Å². The van der Waals surface area contributed by atoms with Crippen LogP contribution in [0.25, 0.3) is 0 Å². The van der Waals surface area contributed by atoms with Crippen molar-refractivity contribution in [3.05, 3.63) is 28.8 Å². The molecule has 0 saturated heterocycles. The summed E-state index contributed by atoms with van der Waals surface area (Å²) in [5, 5.41) is 4.08. The Hall–Kier alpha value is -1.22. The Morgan fingerprint density at radius 2 is 1.75 bits per heavy atom. The average Bonchev–Trinajstić information content (AvgIpc) is 2.29. The molecule has 3 nitrogen and oxygen atoms in total. The van der Waals surface area contributed by atoms with Gasteiger partial charge >= 0.3 is 0 Å². The van der Waals surface area contributed by atoms with Gasteiger partial charge in [-0.25, -0.2) is 0 Å². The molecule has 3 N–H and O–H groups in total. The standard InChI is InChI=1S/C16H25ClN2O/c1-10(2)7-13(8-11(3)4)19-15-9-12(16(18)20)5-6-14(15)17/h5-6,9-11,13,19H,7-8H2,1-4H3,(H2,18,20). The highest BCUT2D eigenvalue weighted by Crippen LogP contribution is 2.26. The molecule has 0 saturated carbocycles. The molecular weight excluding hydrogens is 272 g/mol. The van der Waals surface area contributed by atoms with Gasteiger partial charge in [-0.2, -0.15) is 0 Å². The van der Waals surface area contributed by atoms with Crippen molar-refractivity contribution in [1.29, 1.82) is 0 Å². The van der Waals surface area contributed by atoms with Crippen LogP contribution in [0, 0.1) is 11.8 Å². The number of benzene rings is 1. The van der Waals surface area contributed by atoms with Crippen LogP contribution in [0.15, 0.2) is 18.2 Å². The van der Waals surface area contributed by atoms with Gasteiger partial charge in [-0.1, -0.05) is 39.3 Å². The van der Waals surface area contributed by atoms with E-state index in [1.165, 1.54) is 0 Å². The highest BCUT2D eigenvalue weighted by atomic mass is 35.5. The van der Waals surface area contributed by atoms with Crippen LogP contribution in [-0.4, -0.2) is 11.9 Å². The molecule has 0 spiro atoms. The van der Waals surface area contributed by atoms with E-state index in [0.29, 0.717) is 28.5 Å². The van der Waals surface area contributed by atoms with E-state index in [-0.39, 0.29) is 0 Å². The maximum Gasteiger partial charge on any atom is 0.248 e. The molecule has 4 heteroatoms. The van der Waals surface area contributed by atoms with Gasteiger partial charge < -0.3 is 11.1 Å². The van der Waals surface area contributed by atoms with Gasteiger partial charge in [0.25, 0.3) is 0 Å². The Morgan fingerprint density at radius 3 is 2.20 bits per heavy atom. The number of primary amides is 1. The molecule has 0 aliphatic carbocycles. The number of nitrogens with one attached hydrogen (secondary N) is 1. The number of rotatable bonds is 7. The summed E-state index contributed by atoms with van der Waals surface area (Å²) in [6.45, 7) is 8.82. The number of anilines is 1. The van der Waals surface area contributed by atoms with Crippen LogP contribution in [-0.2, 0) is 0 Å². The van der Waals surface area contributed by atoms with Crippen molar-refractivity contribution in [3.8, 4) is 0 Å². The van der Waals surface area contributed by atoms with Gasteiger partial charge in [-0.3, -0.25) is 4.79 Å². The highest BCUT2D eigenvalue weighted by molar-refractivity contribution is 6.33. The van der Waals surface area contributed by atoms with Crippen LogP contribution in [0.2, 0.25) is 5.02 Å². The lowest BCUT2D eigenvalue weighted by molar-refractivity contribution is 0.100. The molecule has 1 amide bonds. The van der Waals surface area contributed by atoms with Gasteiger partial charge in [-0.15, -0.1) is 0 Å². The Labute approximate surface area is 126 Å². The summed E-state index contributed by atoms with van der Waals surface area (Å²) in [6, 6.07) is 5.44. The van der Waals surface area contributed by atoms with E-state index in [0.717, 1.165) is 18.5 Å². The molecule has 112 valence electrons. The molecule has 1 aromatic carbocycles. The maximum atomic E-state index is 11.3. The summed E-state index contributed by atoms with van der Waals surface area (Å²) in [4.78, 5) is 11.3. The monoisotopic (exact) mass is 296 g/mol. The largest absolute Gasteiger partial charge is 0.381 e. The SMILES string of the molecule is CC(C)CC(CC(C)C)Nc1cc(C(N)=O)ccc1Cl. The van der Waals surface area contributed by atoms with Gasteiger partial charge in [0, 0.05) is 11.6 Å². The first-order chi connectivity index (χ1) is 9.29. The smallest absolute Gasteiger partial charge is 0.248 e. The summed E-state index contributed by atoms with van der Waals surface area (Å²) in [7, 11) is 0. The second kappa shape index (κ2) is 7.53. The number of hydrogen-bond acceptors (Lipinski definition) is 2. The molecule has 0 fully saturated rings. The third kappa shape index (κ3) is 5.41. The number of carbonyl (C=O) groups is 1. The molecule has 1 aromatic rings. The number of nitrogens with two attached hydrogens (primary N) is 1. The van der Waals surface area contributed by atoms with Crippen molar-refractivity contribution in [1.82, 2.24) is 0 Å². The number of halogens is 1. The van der Waals surface area contributed by atoms with E-state index < -0.39 is 5.91 Å². The van der Waals surface area contributed by atoms with E-state index in [1.54, 1.807) is 18.2 Å². The molecule has 20 heavy (non-hydrogen) atoms. The average molecular weight is 297 g/mol. The van der Waals surface area contributed by atoms with Crippen LogP contribution < -0.4 is 11.1 Å². The van der Waals surface area contributed by atoms with Gasteiger partial charge in [-0.05, 0) is 42.9 Å². The summed E-state index contributed by atoms with van der Waals surface area (Å²) < 4.78 is 0. The Morgan fingerprint density at radius 1 is 1.20 bits per heavy atom.